The van der Waals surface area contributed by atoms with Crippen LogP contribution in [0.3, 0.4) is 0 Å². The minimum Gasteiger partial charge on any atom is -0.467 e. The van der Waals surface area contributed by atoms with Gasteiger partial charge < -0.3 is 14.2 Å². The summed E-state index contributed by atoms with van der Waals surface area (Å²) in [6.45, 7) is 1.95. The second kappa shape index (κ2) is 10.2. The number of hydrogen-bond acceptors (Lipinski definition) is 6. The van der Waals surface area contributed by atoms with Crippen molar-refractivity contribution < 1.29 is 36.2 Å². The van der Waals surface area contributed by atoms with Crippen LogP contribution in [-0.2, 0) is 35.6 Å². The number of rotatable bonds is 7. The largest absolute Gasteiger partial charge is 0.467 e. The van der Waals surface area contributed by atoms with E-state index in [1.165, 1.54) is 4.31 Å². The fourth-order valence-corrected chi connectivity index (χ4v) is 6.70. The minimum absolute atomic E-state index is 0.110. The maximum Gasteiger partial charge on any atom is 0.339 e. The summed E-state index contributed by atoms with van der Waals surface area (Å²) in [7, 11) is -2.65. The average Bonchev–Trinajstić information content (AvgIpc) is 2.78. The lowest BCUT2D eigenvalue weighted by atomic mass is 9.99. The molecular formula is C24H29F2NO6S. The number of nitrogens with zero attached hydrogens (tertiary/aromatic N) is 1. The zero-order valence-corrected chi connectivity index (χ0v) is 20.0. The molecule has 2 heterocycles. The highest BCUT2D eigenvalue weighted by atomic mass is 32.2. The Morgan fingerprint density at radius 1 is 1.21 bits per heavy atom. The van der Waals surface area contributed by atoms with Crippen LogP contribution in [0.25, 0.3) is 0 Å². The van der Waals surface area contributed by atoms with E-state index < -0.39 is 45.1 Å². The number of carbonyl (C=O) groups excluding carboxylic acids is 1. The van der Waals surface area contributed by atoms with Gasteiger partial charge in [-0.05, 0) is 50.3 Å². The third-order valence-corrected chi connectivity index (χ3v) is 8.92. The van der Waals surface area contributed by atoms with Gasteiger partial charge >= 0.3 is 5.97 Å². The predicted octanol–water partition coefficient (Wildman–Crippen LogP) is 3.55. The van der Waals surface area contributed by atoms with Crippen LogP contribution < -0.4 is 0 Å². The molecule has 3 atom stereocenters. The van der Waals surface area contributed by atoms with Gasteiger partial charge in [0.1, 0.15) is 23.0 Å². The number of sulfonamides is 1. The van der Waals surface area contributed by atoms with Crippen molar-refractivity contribution in [2.75, 3.05) is 20.3 Å². The summed E-state index contributed by atoms with van der Waals surface area (Å²) in [5, 5.41) is -0.700. The molecule has 0 aromatic heterocycles. The Balaban J connectivity index is 1.60. The molecule has 186 valence electrons. The van der Waals surface area contributed by atoms with Crippen LogP contribution in [0.1, 0.15) is 49.8 Å². The number of halogens is 2. The highest BCUT2D eigenvalue weighted by Crippen LogP contribution is 2.35. The standard InChI is InChI=1S/C24H29F2NO6S/c1-15-8-9-22(16-6-4-3-5-7-16)34(29,30)27(15)12-17-10-21(26)19(11-20(17)25)23(24(28)31-2)33-18-13-32-14-18/h4,6-7,10-11,15,18,22-23H,3,5,8-9,12-14H2,1-2H3/t15-,22+,23?/m0/s1. The fourth-order valence-electron chi connectivity index (χ4n) is 4.50. The predicted molar refractivity (Wildman–Crippen MR) is 120 cm³/mol. The smallest absolute Gasteiger partial charge is 0.339 e. The Morgan fingerprint density at radius 3 is 2.59 bits per heavy atom. The van der Waals surface area contributed by atoms with Crippen molar-refractivity contribution in [2.45, 2.75) is 62.7 Å². The molecule has 0 N–H and O–H groups in total. The molecule has 1 aromatic carbocycles. The molecule has 0 amide bonds. The van der Waals surface area contributed by atoms with Gasteiger partial charge in [0.2, 0.25) is 10.0 Å². The monoisotopic (exact) mass is 497 g/mol. The molecule has 3 aliphatic rings. The van der Waals surface area contributed by atoms with Crippen molar-refractivity contribution in [2.24, 2.45) is 0 Å². The zero-order valence-electron chi connectivity index (χ0n) is 19.2. The van der Waals surface area contributed by atoms with E-state index in [2.05, 4.69) is 0 Å². The van der Waals surface area contributed by atoms with Crippen LogP contribution in [-0.4, -0.2) is 56.4 Å². The first-order valence-corrected chi connectivity index (χ1v) is 12.9. The van der Waals surface area contributed by atoms with Crippen LogP contribution in [0.15, 0.2) is 35.9 Å². The highest BCUT2D eigenvalue weighted by Gasteiger charge is 2.41. The lowest BCUT2D eigenvalue weighted by Crippen LogP contribution is -2.48. The third-order valence-electron chi connectivity index (χ3n) is 6.55. The molecule has 2 aliphatic heterocycles. The molecule has 2 saturated heterocycles. The molecule has 1 aromatic rings. The van der Waals surface area contributed by atoms with Gasteiger partial charge in [-0.1, -0.05) is 18.2 Å². The molecular weight excluding hydrogens is 468 g/mol. The Bertz CT molecular complexity index is 1100. The topological polar surface area (TPSA) is 82.1 Å². The second-order valence-electron chi connectivity index (χ2n) is 8.85. The molecule has 2 fully saturated rings. The normalized spacial score (nSPS) is 25.9. The number of benzene rings is 1. The van der Waals surface area contributed by atoms with Crippen molar-refractivity contribution in [3.63, 3.8) is 0 Å². The van der Waals surface area contributed by atoms with E-state index in [9.17, 15) is 13.2 Å². The molecule has 0 radical (unpaired) electrons. The van der Waals surface area contributed by atoms with E-state index >= 15 is 8.78 Å². The summed E-state index contributed by atoms with van der Waals surface area (Å²) < 4.78 is 73.6. The van der Waals surface area contributed by atoms with Gasteiger partial charge in [-0.25, -0.2) is 22.0 Å². The Morgan fingerprint density at radius 2 is 1.97 bits per heavy atom. The van der Waals surface area contributed by atoms with Crippen LogP contribution in [0.2, 0.25) is 0 Å². The molecule has 4 rings (SSSR count). The summed E-state index contributed by atoms with van der Waals surface area (Å²) in [6, 6.07) is 1.46. The fraction of sp³-hybridized carbons (Fsp3) is 0.542. The number of carbonyl (C=O) groups is 1. The van der Waals surface area contributed by atoms with Crippen molar-refractivity contribution in [3.8, 4) is 0 Å². The quantitative estimate of drug-likeness (QED) is 0.536. The molecule has 1 aliphatic carbocycles. The maximum atomic E-state index is 15.1. The van der Waals surface area contributed by atoms with E-state index in [1.54, 1.807) is 6.92 Å². The first-order chi connectivity index (χ1) is 16.2. The van der Waals surface area contributed by atoms with E-state index in [0.717, 1.165) is 37.7 Å². The second-order valence-corrected chi connectivity index (χ2v) is 10.9. The zero-order chi connectivity index (χ0) is 24.5. The maximum absolute atomic E-state index is 15.1. The molecule has 1 unspecified atom stereocenters. The SMILES string of the molecule is COC(=O)C(OC1COC1)c1cc(F)c(CN2[C@@H](C)CC[C@H](C3=CCCC=C3)S2(=O)=O)cc1F. The van der Waals surface area contributed by atoms with Crippen molar-refractivity contribution in [3.05, 3.63) is 58.7 Å². The number of methoxy groups -OCH3 is 1. The van der Waals surface area contributed by atoms with Gasteiger partial charge in [-0.3, -0.25) is 0 Å². The lowest BCUT2D eigenvalue weighted by molar-refractivity contribution is -0.183. The van der Waals surface area contributed by atoms with Crippen LogP contribution >= 0.6 is 0 Å². The Hall–Kier alpha value is -2.14. The van der Waals surface area contributed by atoms with E-state index in [4.69, 9.17) is 14.2 Å². The molecule has 34 heavy (non-hydrogen) atoms. The van der Waals surface area contributed by atoms with Crippen molar-refractivity contribution in [1.29, 1.82) is 0 Å². The highest BCUT2D eigenvalue weighted by molar-refractivity contribution is 7.90. The molecule has 7 nitrogen and oxygen atoms in total. The van der Waals surface area contributed by atoms with E-state index in [1.807, 2.05) is 18.2 Å². The first kappa shape index (κ1) is 25.0. The third kappa shape index (κ3) is 4.95. The molecule has 10 heteroatoms. The number of hydrogen-bond donors (Lipinski definition) is 0. The van der Waals surface area contributed by atoms with Gasteiger partial charge in [-0.15, -0.1) is 0 Å². The Kier molecular flexibility index (Phi) is 7.51. The molecule has 0 saturated carbocycles. The van der Waals surface area contributed by atoms with Crippen LogP contribution in [0.5, 0.6) is 0 Å². The molecule has 0 spiro atoms. The molecule has 0 bridgehead atoms. The average molecular weight is 498 g/mol. The van der Waals surface area contributed by atoms with E-state index in [-0.39, 0.29) is 36.9 Å². The van der Waals surface area contributed by atoms with Gasteiger partial charge in [0.25, 0.3) is 0 Å². The Labute approximate surface area is 198 Å². The van der Waals surface area contributed by atoms with E-state index in [0.29, 0.717) is 12.8 Å². The number of esters is 1. The number of ether oxygens (including phenoxy) is 3. The summed E-state index contributed by atoms with van der Waals surface area (Å²) >= 11 is 0. The summed E-state index contributed by atoms with van der Waals surface area (Å²) in [5.41, 5.74) is 0.342. The van der Waals surface area contributed by atoms with Gasteiger partial charge in [-0.2, -0.15) is 4.31 Å². The van der Waals surface area contributed by atoms with Crippen molar-refractivity contribution >= 4 is 16.0 Å². The van der Waals surface area contributed by atoms with Crippen molar-refractivity contribution in [1.82, 2.24) is 4.31 Å². The summed E-state index contributed by atoms with van der Waals surface area (Å²) in [4.78, 5) is 12.2. The van der Waals surface area contributed by atoms with Crippen LogP contribution in [0, 0.1) is 11.6 Å². The summed E-state index contributed by atoms with van der Waals surface area (Å²) in [5.74, 6) is -2.55. The van der Waals surface area contributed by atoms with Gasteiger partial charge in [0, 0.05) is 23.7 Å². The first-order valence-electron chi connectivity index (χ1n) is 11.4. The van der Waals surface area contributed by atoms with Gasteiger partial charge in [0.15, 0.2) is 6.10 Å². The van der Waals surface area contributed by atoms with Crippen LogP contribution in [0.4, 0.5) is 8.78 Å². The number of allylic oxidation sites excluding steroid dienone is 3. The van der Waals surface area contributed by atoms with Gasteiger partial charge in [0.05, 0.1) is 20.3 Å². The summed E-state index contributed by atoms with van der Waals surface area (Å²) in [6.07, 6.45) is 6.60. The lowest BCUT2D eigenvalue weighted by Gasteiger charge is -2.38. The minimum atomic E-state index is -3.78.